The molecule has 0 spiro atoms. The molecule has 8 nitrogen and oxygen atoms in total. The van der Waals surface area contributed by atoms with Crippen molar-refractivity contribution < 1.29 is 0 Å². The van der Waals surface area contributed by atoms with Crippen molar-refractivity contribution in [3.63, 3.8) is 0 Å². The Balaban J connectivity index is 1.52. The van der Waals surface area contributed by atoms with Crippen molar-refractivity contribution in [1.29, 1.82) is 0 Å². The van der Waals surface area contributed by atoms with E-state index in [0.29, 0.717) is 0 Å². The molecule has 25 heavy (non-hydrogen) atoms. The molecule has 0 fully saturated rings. The fraction of sp³-hybridized carbons (Fsp3) is 0.294. The van der Waals surface area contributed by atoms with Crippen LogP contribution in [0.25, 0.3) is 10.9 Å². The Labute approximate surface area is 144 Å². The van der Waals surface area contributed by atoms with Crippen LogP contribution >= 0.6 is 0 Å². The maximum atomic E-state index is 4.21. The second kappa shape index (κ2) is 6.86. The first kappa shape index (κ1) is 15.5. The molecule has 1 aromatic carbocycles. The Kier molecular flexibility index (Phi) is 4.26. The molecule has 1 unspecified atom stereocenters. The molecular formula is C17H20N8. The minimum absolute atomic E-state index is 0.0536. The smallest absolute Gasteiger partial charge is 0.172 e. The quantitative estimate of drug-likeness (QED) is 0.501. The van der Waals surface area contributed by atoms with Gasteiger partial charge >= 0.3 is 0 Å². The molecule has 2 N–H and O–H groups in total. The zero-order valence-corrected chi connectivity index (χ0v) is 14.0. The second-order valence-corrected chi connectivity index (χ2v) is 6.03. The summed E-state index contributed by atoms with van der Waals surface area (Å²) in [6.07, 6.45) is 8.55. The van der Waals surface area contributed by atoms with Crippen molar-refractivity contribution in [2.75, 3.05) is 6.54 Å². The number of fused-ring (bicyclic) bond motifs is 1. The number of rotatable bonds is 7. The molecule has 0 bridgehead atoms. The first-order valence-electron chi connectivity index (χ1n) is 8.30. The van der Waals surface area contributed by atoms with Crippen molar-refractivity contribution in [2.24, 2.45) is 7.05 Å². The lowest BCUT2D eigenvalue weighted by atomic mass is 10.0. The van der Waals surface area contributed by atoms with Crippen LogP contribution in [0.2, 0.25) is 0 Å². The van der Waals surface area contributed by atoms with Gasteiger partial charge in [0.1, 0.15) is 0 Å². The Bertz CT molecular complexity index is 937. The topological polar surface area (TPSA) is 89.2 Å². The van der Waals surface area contributed by atoms with Crippen LogP contribution in [0.3, 0.4) is 0 Å². The molecular weight excluding hydrogens is 316 g/mol. The first-order chi connectivity index (χ1) is 12.3. The van der Waals surface area contributed by atoms with Crippen LogP contribution in [0.5, 0.6) is 0 Å². The Morgan fingerprint density at radius 1 is 1.28 bits per heavy atom. The number of nitrogens with zero attached hydrogens (tertiary/aromatic N) is 6. The standard InChI is InChI=1S/C17H20N8/c1-24-17(21-22-23-24)16(20-6-2-9-25-10-8-18-12-25)14-3-4-15-13(11-14)5-7-19-15/h3-5,7-8,10-12,16,19-20H,2,6,9H2,1H3. The van der Waals surface area contributed by atoms with Crippen LogP contribution in [-0.2, 0) is 13.6 Å². The maximum Gasteiger partial charge on any atom is 0.172 e. The molecule has 0 saturated heterocycles. The number of aromatic amines is 1. The monoisotopic (exact) mass is 336 g/mol. The third-order valence-electron chi connectivity index (χ3n) is 4.32. The number of nitrogens with one attached hydrogen (secondary N) is 2. The van der Waals surface area contributed by atoms with Gasteiger partial charge in [-0.2, -0.15) is 0 Å². The van der Waals surface area contributed by atoms with E-state index in [2.05, 4.69) is 59.6 Å². The van der Waals surface area contributed by atoms with Gasteiger partial charge in [0.15, 0.2) is 5.82 Å². The van der Waals surface area contributed by atoms with E-state index in [1.165, 1.54) is 5.39 Å². The summed E-state index contributed by atoms with van der Waals surface area (Å²) in [5, 5.41) is 16.8. The van der Waals surface area contributed by atoms with E-state index in [-0.39, 0.29) is 6.04 Å². The van der Waals surface area contributed by atoms with Crippen molar-refractivity contribution in [1.82, 2.24) is 40.1 Å². The molecule has 3 aromatic heterocycles. The van der Waals surface area contributed by atoms with Gasteiger partial charge in [-0.3, -0.25) is 0 Å². The van der Waals surface area contributed by atoms with Crippen LogP contribution in [0, 0.1) is 0 Å². The summed E-state index contributed by atoms with van der Waals surface area (Å²) >= 11 is 0. The first-order valence-corrected chi connectivity index (χ1v) is 8.30. The van der Waals surface area contributed by atoms with Gasteiger partial charge < -0.3 is 14.9 Å². The number of hydrogen-bond donors (Lipinski definition) is 2. The van der Waals surface area contributed by atoms with E-state index in [1.807, 2.05) is 25.8 Å². The third-order valence-corrected chi connectivity index (χ3v) is 4.32. The van der Waals surface area contributed by atoms with E-state index in [9.17, 15) is 0 Å². The predicted molar refractivity (Wildman–Crippen MR) is 93.8 cm³/mol. The molecule has 0 amide bonds. The number of benzene rings is 1. The minimum atomic E-state index is -0.0536. The average molecular weight is 336 g/mol. The zero-order valence-electron chi connectivity index (χ0n) is 14.0. The Morgan fingerprint density at radius 2 is 2.24 bits per heavy atom. The van der Waals surface area contributed by atoms with Crippen LogP contribution in [0.15, 0.2) is 49.2 Å². The highest BCUT2D eigenvalue weighted by atomic mass is 15.5. The molecule has 0 radical (unpaired) electrons. The van der Waals surface area contributed by atoms with E-state index >= 15 is 0 Å². The van der Waals surface area contributed by atoms with Gasteiger partial charge in [0.2, 0.25) is 0 Å². The fourth-order valence-corrected chi connectivity index (χ4v) is 3.02. The Hall–Kier alpha value is -3.00. The lowest BCUT2D eigenvalue weighted by Gasteiger charge is -2.18. The van der Waals surface area contributed by atoms with Crippen molar-refractivity contribution in [3.05, 3.63) is 60.6 Å². The number of hydrogen-bond acceptors (Lipinski definition) is 5. The molecule has 4 aromatic rings. The van der Waals surface area contributed by atoms with E-state index < -0.39 is 0 Å². The molecule has 128 valence electrons. The van der Waals surface area contributed by atoms with Gasteiger partial charge in [-0.25, -0.2) is 9.67 Å². The number of tetrazole rings is 1. The number of H-pyrrole nitrogens is 1. The zero-order chi connectivity index (χ0) is 17.1. The average Bonchev–Trinajstić information content (AvgIpc) is 3.36. The molecule has 4 rings (SSSR count). The SMILES string of the molecule is Cn1nnnc1C(NCCCn1ccnc1)c1ccc2[nH]ccc2c1. The summed E-state index contributed by atoms with van der Waals surface area (Å²) in [7, 11) is 1.87. The number of aryl methyl sites for hydroxylation is 2. The van der Waals surface area contributed by atoms with Gasteiger partial charge in [0.25, 0.3) is 0 Å². The second-order valence-electron chi connectivity index (χ2n) is 6.03. The Morgan fingerprint density at radius 3 is 3.04 bits per heavy atom. The largest absolute Gasteiger partial charge is 0.361 e. The molecule has 0 aliphatic heterocycles. The lowest BCUT2D eigenvalue weighted by molar-refractivity contribution is 0.512. The fourth-order valence-electron chi connectivity index (χ4n) is 3.02. The third kappa shape index (κ3) is 3.29. The van der Waals surface area contributed by atoms with E-state index in [1.54, 1.807) is 10.9 Å². The summed E-state index contributed by atoms with van der Waals surface area (Å²) in [5.74, 6) is 0.803. The number of imidazole rings is 1. The molecule has 3 heterocycles. The van der Waals surface area contributed by atoms with E-state index in [4.69, 9.17) is 0 Å². The molecule has 8 heteroatoms. The predicted octanol–water partition coefficient (Wildman–Crippen LogP) is 1.66. The highest BCUT2D eigenvalue weighted by molar-refractivity contribution is 5.80. The number of aromatic nitrogens is 7. The molecule has 0 saturated carbocycles. The van der Waals surface area contributed by atoms with Crippen LogP contribution < -0.4 is 5.32 Å². The van der Waals surface area contributed by atoms with Gasteiger partial charge in [0.05, 0.1) is 12.4 Å². The highest BCUT2D eigenvalue weighted by Gasteiger charge is 2.19. The maximum absolute atomic E-state index is 4.21. The molecule has 0 aliphatic carbocycles. The minimum Gasteiger partial charge on any atom is -0.361 e. The van der Waals surface area contributed by atoms with Gasteiger partial charge in [-0.15, -0.1) is 5.10 Å². The highest BCUT2D eigenvalue weighted by Crippen LogP contribution is 2.23. The van der Waals surface area contributed by atoms with Gasteiger partial charge in [0, 0.05) is 37.7 Å². The lowest BCUT2D eigenvalue weighted by Crippen LogP contribution is -2.27. The van der Waals surface area contributed by atoms with Crippen molar-refractivity contribution >= 4 is 10.9 Å². The summed E-state index contributed by atoms with van der Waals surface area (Å²) in [6.45, 7) is 1.77. The summed E-state index contributed by atoms with van der Waals surface area (Å²) in [5.41, 5.74) is 2.27. The van der Waals surface area contributed by atoms with Gasteiger partial charge in [-0.1, -0.05) is 6.07 Å². The van der Waals surface area contributed by atoms with Crippen molar-refractivity contribution in [3.8, 4) is 0 Å². The molecule has 0 aliphatic rings. The summed E-state index contributed by atoms with van der Waals surface area (Å²) in [4.78, 5) is 7.29. The van der Waals surface area contributed by atoms with Gasteiger partial charge in [-0.05, 0) is 52.5 Å². The summed E-state index contributed by atoms with van der Waals surface area (Å²) in [6, 6.07) is 8.40. The van der Waals surface area contributed by atoms with Crippen LogP contribution in [0.1, 0.15) is 23.9 Å². The normalized spacial score (nSPS) is 12.7. The molecule has 1 atom stereocenters. The summed E-state index contributed by atoms with van der Waals surface area (Å²) < 4.78 is 3.79. The van der Waals surface area contributed by atoms with E-state index in [0.717, 1.165) is 36.4 Å². The van der Waals surface area contributed by atoms with Crippen LogP contribution in [-0.4, -0.2) is 41.3 Å². The van der Waals surface area contributed by atoms with Crippen molar-refractivity contribution in [2.45, 2.75) is 19.0 Å². The van der Waals surface area contributed by atoms with Crippen LogP contribution in [0.4, 0.5) is 0 Å².